The number of carbonyl (C=O) groups excluding carboxylic acids is 1. The Morgan fingerprint density at radius 2 is 1.97 bits per heavy atom. The third-order valence-electron chi connectivity index (χ3n) is 4.88. The Hall–Kier alpha value is -4.11. The number of rotatable bonds is 5. The van der Waals surface area contributed by atoms with Gasteiger partial charge >= 0.3 is 0 Å². The van der Waals surface area contributed by atoms with Crippen molar-refractivity contribution in [3.8, 4) is 22.5 Å². The van der Waals surface area contributed by atoms with Crippen molar-refractivity contribution in [2.24, 2.45) is 0 Å². The first-order valence-corrected chi connectivity index (χ1v) is 9.75. The molecule has 0 fully saturated rings. The van der Waals surface area contributed by atoms with Crippen LogP contribution in [0.15, 0.2) is 55.1 Å². The van der Waals surface area contributed by atoms with Crippen LogP contribution in [0.1, 0.15) is 0 Å². The molecule has 0 aliphatic carbocycles. The average molecular weight is 412 g/mol. The minimum Gasteiger partial charge on any atom is -0.352 e. The highest BCUT2D eigenvalue weighted by molar-refractivity contribution is 5.96. The summed E-state index contributed by atoms with van der Waals surface area (Å²) in [5.74, 6) is -0.0953. The van der Waals surface area contributed by atoms with E-state index in [1.54, 1.807) is 24.8 Å². The average Bonchev–Trinajstić information content (AvgIpc) is 3.36. The second kappa shape index (κ2) is 7.62. The number of H-pyrrole nitrogens is 2. The van der Waals surface area contributed by atoms with E-state index in [4.69, 9.17) is 0 Å². The number of hydrogen-bond acceptors (Lipinski definition) is 6. The lowest BCUT2D eigenvalue weighted by molar-refractivity contribution is -0.116. The minimum atomic E-state index is -0.0953. The molecule has 31 heavy (non-hydrogen) atoms. The van der Waals surface area contributed by atoms with E-state index in [-0.39, 0.29) is 5.91 Å². The Morgan fingerprint density at radius 3 is 2.81 bits per heavy atom. The molecule has 5 aromatic rings. The Labute approximate surface area is 177 Å². The second-order valence-corrected chi connectivity index (χ2v) is 7.56. The van der Waals surface area contributed by atoms with Gasteiger partial charge in [-0.25, -0.2) is 4.98 Å². The molecular formula is C22H20N8O. The van der Waals surface area contributed by atoms with Gasteiger partial charge in [0.15, 0.2) is 5.65 Å². The molecule has 0 unspecified atom stereocenters. The quantitative estimate of drug-likeness (QED) is 0.409. The van der Waals surface area contributed by atoms with Crippen LogP contribution in [0.2, 0.25) is 0 Å². The summed E-state index contributed by atoms with van der Waals surface area (Å²) < 4.78 is 0. The molecule has 0 spiro atoms. The van der Waals surface area contributed by atoms with Crippen LogP contribution in [0.3, 0.4) is 0 Å². The number of nitrogens with one attached hydrogen (secondary N) is 3. The summed E-state index contributed by atoms with van der Waals surface area (Å²) in [7, 11) is 3.70. The molecule has 3 N–H and O–H groups in total. The molecule has 0 aromatic carbocycles. The largest absolute Gasteiger partial charge is 0.352 e. The van der Waals surface area contributed by atoms with E-state index >= 15 is 0 Å². The molecule has 0 saturated carbocycles. The van der Waals surface area contributed by atoms with Crippen LogP contribution in [0.4, 0.5) is 5.69 Å². The normalized spacial score (nSPS) is 11.5. The first-order chi connectivity index (χ1) is 15.1. The maximum atomic E-state index is 12.1. The van der Waals surface area contributed by atoms with Crippen molar-refractivity contribution in [1.29, 1.82) is 0 Å². The van der Waals surface area contributed by atoms with Gasteiger partial charge in [0, 0.05) is 35.1 Å². The predicted molar refractivity (Wildman–Crippen MR) is 119 cm³/mol. The van der Waals surface area contributed by atoms with Crippen molar-refractivity contribution in [1.82, 2.24) is 35.0 Å². The van der Waals surface area contributed by atoms with E-state index in [1.165, 1.54) is 0 Å². The Bertz CT molecular complexity index is 1370. The second-order valence-electron chi connectivity index (χ2n) is 7.56. The van der Waals surface area contributed by atoms with Gasteiger partial charge in [0.2, 0.25) is 5.91 Å². The summed E-state index contributed by atoms with van der Waals surface area (Å²) in [6, 6.07) is 9.76. The van der Waals surface area contributed by atoms with E-state index < -0.39 is 0 Å². The van der Waals surface area contributed by atoms with Gasteiger partial charge in [-0.1, -0.05) is 0 Å². The molecule has 0 saturated heterocycles. The van der Waals surface area contributed by atoms with Crippen molar-refractivity contribution >= 4 is 33.7 Å². The summed E-state index contributed by atoms with van der Waals surface area (Å²) in [6.45, 7) is 0.301. The minimum absolute atomic E-state index is 0.0953. The van der Waals surface area contributed by atoms with Crippen LogP contribution in [0, 0.1) is 0 Å². The summed E-state index contributed by atoms with van der Waals surface area (Å²) in [4.78, 5) is 30.4. The number of aromatic amines is 2. The fourth-order valence-corrected chi connectivity index (χ4v) is 3.51. The summed E-state index contributed by atoms with van der Waals surface area (Å²) >= 11 is 0. The third kappa shape index (κ3) is 3.74. The molecule has 0 radical (unpaired) electrons. The summed E-state index contributed by atoms with van der Waals surface area (Å²) in [6.07, 6.45) is 6.89. The van der Waals surface area contributed by atoms with Gasteiger partial charge in [0.25, 0.3) is 0 Å². The molecule has 9 heteroatoms. The lowest BCUT2D eigenvalue weighted by Gasteiger charge is -2.10. The molecule has 1 amide bonds. The maximum Gasteiger partial charge on any atom is 0.238 e. The highest BCUT2D eigenvalue weighted by atomic mass is 16.2. The third-order valence-corrected chi connectivity index (χ3v) is 4.88. The summed E-state index contributed by atoms with van der Waals surface area (Å²) in [5, 5.41) is 11.2. The van der Waals surface area contributed by atoms with E-state index in [0.29, 0.717) is 17.9 Å². The van der Waals surface area contributed by atoms with E-state index in [1.807, 2.05) is 49.3 Å². The van der Waals surface area contributed by atoms with Crippen molar-refractivity contribution in [3.63, 3.8) is 0 Å². The molecule has 5 rings (SSSR count). The molecular weight excluding hydrogens is 392 g/mol. The van der Waals surface area contributed by atoms with Crippen molar-refractivity contribution in [3.05, 3.63) is 55.1 Å². The van der Waals surface area contributed by atoms with Crippen molar-refractivity contribution in [2.45, 2.75) is 0 Å². The number of pyridine rings is 3. The molecule has 0 bridgehead atoms. The lowest BCUT2D eigenvalue weighted by Crippen LogP contribution is -2.27. The SMILES string of the molecule is CN(C)CC(=O)Nc1cncc(-c2cnc3n[nH]c(-c4cc5ncccc5[nH]4)c3c2)c1. The number of likely N-dealkylation sites (N-methyl/N-ethyl adjacent to an activating group) is 1. The van der Waals surface area contributed by atoms with Gasteiger partial charge in [-0.05, 0) is 44.4 Å². The first-order valence-electron chi connectivity index (χ1n) is 9.75. The zero-order valence-electron chi connectivity index (χ0n) is 17.0. The molecule has 0 aliphatic heterocycles. The van der Waals surface area contributed by atoms with E-state index in [0.717, 1.165) is 38.9 Å². The standard InChI is InChI=1S/C22H20N8O/c1-30(2)12-20(31)26-15-6-13(9-23-11-15)14-7-16-21(28-29-22(16)25-10-14)19-8-18-17(27-19)4-3-5-24-18/h3-11,27H,12H2,1-2H3,(H,26,31)(H,25,28,29). The van der Waals surface area contributed by atoms with Crippen molar-refractivity contribution < 1.29 is 4.79 Å². The smallest absolute Gasteiger partial charge is 0.238 e. The van der Waals surface area contributed by atoms with Crippen LogP contribution in [-0.4, -0.2) is 61.6 Å². The van der Waals surface area contributed by atoms with Gasteiger partial charge in [0.05, 0.1) is 40.9 Å². The molecule has 154 valence electrons. The lowest BCUT2D eigenvalue weighted by atomic mass is 10.1. The van der Waals surface area contributed by atoms with Crippen LogP contribution in [0.5, 0.6) is 0 Å². The zero-order chi connectivity index (χ0) is 21.4. The van der Waals surface area contributed by atoms with Gasteiger partial charge in [-0.15, -0.1) is 0 Å². The van der Waals surface area contributed by atoms with Crippen LogP contribution in [-0.2, 0) is 4.79 Å². The van der Waals surface area contributed by atoms with Crippen LogP contribution < -0.4 is 5.32 Å². The first kappa shape index (κ1) is 18.9. The number of carbonyl (C=O) groups is 1. The predicted octanol–water partition coefficient (Wildman–Crippen LogP) is 3.06. The Balaban J connectivity index is 1.51. The number of hydrogen-bond donors (Lipinski definition) is 3. The highest BCUT2D eigenvalue weighted by Gasteiger charge is 2.13. The Morgan fingerprint density at radius 1 is 1.10 bits per heavy atom. The molecule has 0 aliphatic rings. The fraction of sp³-hybridized carbons (Fsp3) is 0.136. The highest BCUT2D eigenvalue weighted by Crippen LogP contribution is 2.30. The zero-order valence-corrected chi connectivity index (χ0v) is 17.0. The van der Waals surface area contributed by atoms with Gasteiger partial charge in [-0.2, -0.15) is 5.10 Å². The van der Waals surface area contributed by atoms with Gasteiger partial charge in [-0.3, -0.25) is 19.9 Å². The van der Waals surface area contributed by atoms with Crippen molar-refractivity contribution in [2.75, 3.05) is 26.0 Å². The molecule has 0 atom stereocenters. The number of aromatic nitrogens is 6. The van der Waals surface area contributed by atoms with Gasteiger partial charge in [0.1, 0.15) is 0 Å². The maximum absolute atomic E-state index is 12.1. The number of nitrogens with zero attached hydrogens (tertiary/aromatic N) is 5. The van der Waals surface area contributed by atoms with Gasteiger partial charge < -0.3 is 15.2 Å². The molecule has 5 aromatic heterocycles. The molecule has 9 nitrogen and oxygen atoms in total. The van der Waals surface area contributed by atoms with E-state index in [9.17, 15) is 4.79 Å². The topological polar surface area (TPSA) is 115 Å². The monoisotopic (exact) mass is 412 g/mol. The van der Waals surface area contributed by atoms with E-state index in [2.05, 4.69) is 35.5 Å². The van der Waals surface area contributed by atoms with Crippen LogP contribution in [0.25, 0.3) is 44.6 Å². The molecule has 5 heterocycles. The summed E-state index contributed by atoms with van der Waals surface area (Å²) in [5.41, 5.74) is 6.55. The van der Waals surface area contributed by atoms with Crippen LogP contribution >= 0.6 is 0 Å². The fourth-order valence-electron chi connectivity index (χ4n) is 3.51. The number of amides is 1. The number of anilines is 1. The number of fused-ring (bicyclic) bond motifs is 2. The Kier molecular flexibility index (Phi) is 4.64.